The second kappa shape index (κ2) is 7.69. The third-order valence-corrected chi connectivity index (χ3v) is 7.48. The van der Waals surface area contributed by atoms with Crippen LogP contribution in [0.1, 0.15) is 37.7 Å². The average molecular weight is 483 g/mol. The number of aromatic amines is 1. The summed E-state index contributed by atoms with van der Waals surface area (Å²) in [5, 5.41) is 4.81. The largest absolute Gasteiger partial charge is 0.337 e. The Morgan fingerprint density at radius 3 is 1.97 bits per heavy atom. The van der Waals surface area contributed by atoms with Gasteiger partial charge in [0.15, 0.2) is 17.4 Å². The summed E-state index contributed by atoms with van der Waals surface area (Å²) in [6.07, 6.45) is 0. The molecule has 0 aliphatic heterocycles. The molecule has 7 rings (SSSR count). The van der Waals surface area contributed by atoms with Crippen LogP contribution in [0.5, 0.6) is 0 Å². The van der Waals surface area contributed by atoms with Crippen molar-refractivity contribution < 1.29 is 9.59 Å². The SMILES string of the molecule is C[N+](C)(Cc1nc2c3c(ccc2[nH]1)C(=O)c1ccccc1C3=O)c1c2ccccc2cc2ccccc12. The average Bonchev–Trinajstić information content (AvgIpc) is 3.31. The predicted octanol–water partition coefficient (Wildman–Crippen LogP) is 6.41. The van der Waals surface area contributed by atoms with E-state index < -0.39 is 0 Å². The summed E-state index contributed by atoms with van der Waals surface area (Å²) in [7, 11) is 4.36. The molecule has 0 saturated heterocycles. The minimum absolute atomic E-state index is 0.130. The first-order chi connectivity index (χ1) is 17.9. The van der Waals surface area contributed by atoms with E-state index in [1.54, 1.807) is 30.3 Å². The van der Waals surface area contributed by atoms with Crippen molar-refractivity contribution in [1.29, 1.82) is 0 Å². The van der Waals surface area contributed by atoms with Gasteiger partial charge in [0.1, 0.15) is 17.7 Å². The highest BCUT2D eigenvalue weighted by atomic mass is 16.1. The highest BCUT2D eigenvalue weighted by molar-refractivity contribution is 6.31. The van der Waals surface area contributed by atoms with Gasteiger partial charge in [0.05, 0.1) is 25.2 Å². The van der Waals surface area contributed by atoms with E-state index in [9.17, 15) is 9.59 Å². The first kappa shape index (κ1) is 21.7. The Kier molecular flexibility index (Phi) is 4.50. The molecule has 1 heterocycles. The molecule has 0 atom stereocenters. The number of hydrogen-bond donors (Lipinski definition) is 1. The topological polar surface area (TPSA) is 62.8 Å². The van der Waals surface area contributed by atoms with Crippen LogP contribution in [0.25, 0.3) is 32.6 Å². The number of fused-ring (bicyclic) bond motifs is 6. The summed E-state index contributed by atoms with van der Waals surface area (Å²) >= 11 is 0. The van der Waals surface area contributed by atoms with Gasteiger partial charge < -0.3 is 4.98 Å². The molecule has 0 fully saturated rings. The first-order valence-corrected chi connectivity index (χ1v) is 12.4. The van der Waals surface area contributed by atoms with Crippen LogP contribution in [0.15, 0.2) is 91.0 Å². The van der Waals surface area contributed by atoms with Gasteiger partial charge in [0.2, 0.25) is 0 Å². The van der Waals surface area contributed by atoms with Crippen molar-refractivity contribution in [3.63, 3.8) is 0 Å². The number of rotatable bonds is 3. The molecule has 0 bridgehead atoms. The smallest absolute Gasteiger partial charge is 0.196 e. The van der Waals surface area contributed by atoms with E-state index in [4.69, 9.17) is 4.98 Å². The summed E-state index contributed by atoms with van der Waals surface area (Å²) in [5.41, 5.74) is 4.25. The van der Waals surface area contributed by atoms with Gasteiger partial charge in [-0.3, -0.25) is 14.1 Å². The molecule has 178 valence electrons. The minimum Gasteiger partial charge on any atom is -0.337 e. The Morgan fingerprint density at radius 2 is 1.30 bits per heavy atom. The molecule has 5 nitrogen and oxygen atoms in total. The van der Waals surface area contributed by atoms with E-state index in [0.29, 0.717) is 38.8 Å². The number of nitrogens with one attached hydrogen (secondary N) is 1. The van der Waals surface area contributed by atoms with Crippen molar-refractivity contribution in [1.82, 2.24) is 14.5 Å². The van der Waals surface area contributed by atoms with Gasteiger partial charge in [-0.15, -0.1) is 0 Å². The highest BCUT2D eigenvalue weighted by Crippen LogP contribution is 2.39. The third-order valence-electron chi connectivity index (χ3n) is 7.48. The van der Waals surface area contributed by atoms with Crippen LogP contribution in [0, 0.1) is 0 Å². The normalized spacial score (nSPS) is 13.4. The number of ketones is 2. The van der Waals surface area contributed by atoms with Gasteiger partial charge in [-0.25, -0.2) is 4.98 Å². The molecule has 1 aliphatic carbocycles. The molecular formula is C32H24N3O2+. The molecule has 6 aromatic rings. The summed E-state index contributed by atoms with van der Waals surface area (Å²) in [5.74, 6) is 0.488. The second-order valence-electron chi connectivity index (χ2n) is 10.3. The minimum atomic E-state index is -0.150. The molecular weight excluding hydrogens is 458 g/mol. The molecule has 5 aromatic carbocycles. The summed E-state index contributed by atoms with van der Waals surface area (Å²) in [6, 6.07) is 29.8. The maximum absolute atomic E-state index is 13.5. The number of hydrogen-bond acceptors (Lipinski definition) is 3. The Morgan fingerprint density at radius 1 is 0.703 bits per heavy atom. The Hall–Kier alpha value is -4.61. The van der Waals surface area contributed by atoms with Crippen molar-refractivity contribution in [3.05, 3.63) is 119 Å². The van der Waals surface area contributed by atoms with E-state index >= 15 is 0 Å². The van der Waals surface area contributed by atoms with E-state index in [-0.39, 0.29) is 11.6 Å². The van der Waals surface area contributed by atoms with Gasteiger partial charge in [-0.1, -0.05) is 60.7 Å². The standard InChI is InChI=1S/C32H23N3O2/c1-35(2,30-21-11-5-3-9-19(21)17-20-10-4-6-12-22(20)30)18-27-33-26-16-15-25-28(29(26)34-27)32(37)24-14-8-7-13-23(24)31(25)36/h3-17H,18H2,1-2H3/p+1. The van der Waals surface area contributed by atoms with Gasteiger partial charge in [0, 0.05) is 27.5 Å². The Bertz CT molecular complexity index is 1880. The summed E-state index contributed by atoms with van der Waals surface area (Å²) < 4.78 is 0.555. The fourth-order valence-corrected chi connectivity index (χ4v) is 5.87. The molecule has 0 unspecified atom stereocenters. The lowest BCUT2D eigenvalue weighted by Crippen LogP contribution is -2.40. The predicted molar refractivity (Wildman–Crippen MR) is 148 cm³/mol. The van der Waals surface area contributed by atoms with Crippen molar-refractivity contribution >= 4 is 49.8 Å². The van der Waals surface area contributed by atoms with Gasteiger partial charge >= 0.3 is 0 Å². The number of H-pyrrole nitrogens is 1. The van der Waals surface area contributed by atoms with Crippen LogP contribution in [-0.2, 0) is 6.54 Å². The number of quaternary nitrogens is 1. The second-order valence-corrected chi connectivity index (χ2v) is 10.3. The van der Waals surface area contributed by atoms with Crippen molar-refractivity contribution in [3.8, 4) is 0 Å². The van der Waals surface area contributed by atoms with Crippen molar-refractivity contribution in [2.24, 2.45) is 0 Å². The zero-order valence-corrected chi connectivity index (χ0v) is 20.6. The fraction of sp³-hybridized carbons (Fsp3) is 0.0938. The number of imidazole rings is 1. The summed E-state index contributed by atoms with van der Waals surface area (Å²) in [4.78, 5) is 35.0. The van der Waals surface area contributed by atoms with E-state index in [0.717, 1.165) is 11.3 Å². The van der Waals surface area contributed by atoms with Gasteiger partial charge in [-0.05, 0) is 41.1 Å². The lowest BCUT2D eigenvalue weighted by molar-refractivity contribution is 0.0980. The number of benzene rings is 5. The number of aromatic nitrogens is 2. The van der Waals surface area contributed by atoms with E-state index in [2.05, 4.69) is 73.7 Å². The molecule has 5 heteroatoms. The molecule has 37 heavy (non-hydrogen) atoms. The van der Waals surface area contributed by atoms with Crippen LogP contribution in [0.3, 0.4) is 0 Å². The van der Waals surface area contributed by atoms with Crippen LogP contribution >= 0.6 is 0 Å². The highest BCUT2D eigenvalue weighted by Gasteiger charge is 2.33. The number of carbonyl (C=O) groups is 2. The van der Waals surface area contributed by atoms with Gasteiger partial charge in [-0.2, -0.15) is 0 Å². The molecule has 0 radical (unpaired) electrons. The Balaban J connectivity index is 1.38. The number of nitrogens with zero attached hydrogens (tertiary/aromatic N) is 2. The number of carbonyl (C=O) groups excluding carboxylic acids is 2. The molecule has 1 aromatic heterocycles. The quantitative estimate of drug-likeness (QED) is 0.234. The van der Waals surface area contributed by atoms with Crippen LogP contribution in [0.2, 0.25) is 0 Å². The first-order valence-electron chi connectivity index (χ1n) is 12.4. The lowest BCUT2D eigenvalue weighted by Gasteiger charge is -2.31. The molecule has 0 spiro atoms. The van der Waals surface area contributed by atoms with Crippen LogP contribution in [-0.4, -0.2) is 35.6 Å². The zero-order valence-electron chi connectivity index (χ0n) is 20.6. The molecule has 1 N–H and O–H groups in total. The fourth-order valence-electron chi connectivity index (χ4n) is 5.87. The van der Waals surface area contributed by atoms with Crippen molar-refractivity contribution in [2.75, 3.05) is 14.1 Å². The maximum atomic E-state index is 13.5. The van der Waals surface area contributed by atoms with Crippen LogP contribution < -0.4 is 4.48 Å². The molecule has 1 aliphatic rings. The molecule has 0 amide bonds. The lowest BCUT2D eigenvalue weighted by atomic mass is 9.83. The zero-order chi connectivity index (χ0) is 25.3. The van der Waals surface area contributed by atoms with E-state index in [1.807, 2.05) is 6.07 Å². The molecule has 0 saturated carbocycles. The third kappa shape index (κ3) is 3.18. The monoisotopic (exact) mass is 482 g/mol. The van der Waals surface area contributed by atoms with Crippen LogP contribution in [0.4, 0.5) is 5.69 Å². The van der Waals surface area contributed by atoms with E-state index in [1.165, 1.54) is 27.2 Å². The maximum Gasteiger partial charge on any atom is 0.196 e. The summed E-state index contributed by atoms with van der Waals surface area (Å²) in [6.45, 7) is 0.584. The van der Waals surface area contributed by atoms with Crippen molar-refractivity contribution in [2.45, 2.75) is 6.54 Å². The Labute approximate surface area is 213 Å². The van der Waals surface area contributed by atoms with Gasteiger partial charge in [0.25, 0.3) is 0 Å².